The lowest BCUT2D eigenvalue weighted by Crippen LogP contribution is -2.12. The summed E-state index contributed by atoms with van der Waals surface area (Å²) in [6.07, 6.45) is 0. The van der Waals surface area contributed by atoms with Crippen molar-refractivity contribution in [3.63, 3.8) is 0 Å². The normalized spacial score (nSPS) is 10.4. The van der Waals surface area contributed by atoms with Gasteiger partial charge in [-0.15, -0.1) is 0 Å². The van der Waals surface area contributed by atoms with Crippen LogP contribution in [0.5, 0.6) is 17.2 Å². The van der Waals surface area contributed by atoms with Crippen LogP contribution < -0.4 is 14.2 Å². The van der Waals surface area contributed by atoms with Crippen LogP contribution >= 0.6 is 0 Å². The number of methoxy groups -OCH3 is 1. The monoisotopic (exact) mass is 508 g/mol. The lowest BCUT2D eigenvalue weighted by molar-refractivity contribution is -0.139. The molecule has 0 aliphatic rings. The van der Waals surface area contributed by atoms with Crippen LogP contribution in [0.25, 0.3) is 22.3 Å². The zero-order chi connectivity index (χ0) is 27.1. The maximum absolute atomic E-state index is 15.1. The topological polar surface area (TPSA) is 71.1 Å². The Bertz CT molecular complexity index is 1360. The molecule has 0 atom stereocenters. The summed E-state index contributed by atoms with van der Waals surface area (Å²) in [6.45, 7) is 10.1. The summed E-state index contributed by atoms with van der Waals surface area (Å²) in [4.78, 5) is 23.1. The standard InChI is InChI=1S/C29H26F2O6/c1-17(2)28(32)36-13-12-35-26-11-8-21(16-27(26)34-5)22-9-6-19(14-23(22)30)20-7-10-25(24(31)15-20)37-29(33)18(3)4/h6-11,14-16H,1,3,12-13H2,2,4-5H3. The molecule has 6 nitrogen and oxygen atoms in total. The first kappa shape index (κ1) is 27.1. The fourth-order valence-corrected chi connectivity index (χ4v) is 3.24. The number of hydrogen-bond acceptors (Lipinski definition) is 6. The fourth-order valence-electron chi connectivity index (χ4n) is 3.24. The van der Waals surface area contributed by atoms with E-state index < -0.39 is 23.6 Å². The number of rotatable bonds is 10. The Morgan fingerprint density at radius 3 is 1.92 bits per heavy atom. The minimum atomic E-state index is -0.758. The van der Waals surface area contributed by atoms with E-state index in [1.54, 1.807) is 37.3 Å². The zero-order valence-corrected chi connectivity index (χ0v) is 20.7. The van der Waals surface area contributed by atoms with Crippen molar-refractivity contribution in [2.45, 2.75) is 13.8 Å². The summed E-state index contributed by atoms with van der Waals surface area (Å²) in [5, 5.41) is 0. The molecule has 0 aliphatic heterocycles. The molecule has 0 fully saturated rings. The molecule has 0 saturated heterocycles. The predicted octanol–water partition coefficient (Wildman–Crippen LogP) is 6.29. The van der Waals surface area contributed by atoms with Gasteiger partial charge in [0.1, 0.15) is 19.0 Å². The highest BCUT2D eigenvalue weighted by atomic mass is 19.1. The average Bonchev–Trinajstić information content (AvgIpc) is 2.87. The first-order valence-electron chi connectivity index (χ1n) is 11.2. The van der Waals surface area contributed by atoms with Gasteiger partial charge in [0, 0.05) is 16.7 Å². The van der Waals surface area contributed by atoms with Gasteiger partial charge in [-0.3, -0.25) is 0 Å². The van der Waals surface area contributed by atoms with Gasteiger partial charge in [0.05, 0.1) is 7.11 Å². The van der Waals surface area contributed by atoms with E-state index in [0.29, 0.717) is 39.3 Å². The lowest BCUT2D eigenvalue weighted by Gasteiger charge is -2.13. The molecule has 3 aromatic carbocycles. The molecule has 0 radical (unpaired) electrons. The largest absolute Gasteiger partial charge is 0.493 e. The molecule has 3 rings (SSSR count). The minimum Gasteiger partial charge on any atom is -0.493 e. The summed E-state index contributed by atoms with van der Waals surface area (Å²) in [5.74, 6) is -2.00. The van der Waals surface area contributed by atoms with Gasteiger partial charge in [-0.2, -0.15) is 0 Å². The maximum Gasteiger partial charge on any atom is 0.338 e. The van der Waals surface area contributed by atoms with E-state index in [0.717, 1.165) is 6.07 Å². The number of carbonyl (C=O) groups is 2. The minimum absolute atomic E-state index is 0.0323. The number of ether oxygens (including phenoxy) is 4. The van der Waals surface area contributed by atoms with Crippen LogP contribution in [0, 0.1) is 11.6 Å². The van der Waals surface area contributed by atoms with Crippen molar-refractivity contribution < 1.29 is 37.3 Å². The predicted molar refractivity (Wildman–Crippen MR) is 135 cm³/mol. The summed E-state index contributed by atoms with van der Waals surface area (Å²) >= 11 is 0. The van der Waals surface area contributed by atoms with E-state index >= 15 is 4.39 Å². The highest BCUT2D eigenvalue weighted by molar-refractivity contribution is 5.89. The molecule has 0 spiro atoms. The van der Waals surface area contributed by atoms with Crippen LogP contribution in [0.3, 0.4) is 0 Å². The first-order valence-corrected chi connectivity index (χ1v) is 11.2. The number of hydrogen-bond donors (Lipinski definition) is 0. The van der Waals surface area contributed by atoms with Gasteiger partial charge < -0.3 is 18.9 Å². The van der Waals surface area contributed by atoms with Gasteiger partial charge >= 0.3 is 11.9 Å². The van der Waals surface area contributed by atoms with Gasteiger partial charge in [-0.05, 0) is 60.9 Å². The van der Waals surface area contributed by atoms with Crippen molar-refractivity contribution in [1.29, 1.82) is 0 Å². The zero-order valence-electron chi connectivity index (χ0n) is 20.7. The van der Waals surface area contributed by atoms with Gasteiger partial charge in [0.25, 0.3) is 0 Å². The quantitative estimate of drug-likeness (QED) is 0.139. The van der Waals surface area contributed by atoms with Gasteiger partial charge in [-0.1, -0.05) is 37.4 Å². The number of esters is 2. The summed E-state index contributed by atoms with van der Waals surface area (Å²) < 4.78 is 50.5. The number of halogens is 2. The highest BCUT2D eigenvalue weighted by Gasteiger charge is 2.15. The first-order chi connectivity index (χ1) is 17.6. The Morgan fingerprint density at radius 1 is 0.730 bits per heavy atom. The molecule has 0 heterocycles. The molecule has 0 aromatic heterocycles. The fraction of sp³-hybridized carbons (Fsp3) is 0.172. The lowest BCUT2D eigenvalue weighted by atomic mass is 9.99. The molecular weight excluding hydrogens is 482 g/mol. The molecule has 192 valence electrons. The van der Waals surface area contributed by atoms with Crippen LogP contribution in [-0.4, -0.2) is 32.3 Å². The van der Waals surface area contributed by atoms with E-state index in [1.807, 2.05) is 0 Å². The van der Waals surface area contributed by atoms with Gasteiger partial charge in [-0.25, -0.2) is 18.4 Å². The average molecular weight is 509 g/mol. The molecule has 0 unspecified atom stereocenters. The molecule has 0 saturated carbocycles. The van der Waals surface area contributed by atoms with E-state index in [9.17, 15) is 14.0 Å². The van der Waals surface area contributed by atoms with E-state index in [1.165, 1.54) is 32.2 Å². The molecule has 0 N–H and O–H groups in total. The van der Waals surface area contributed by atoms with Crippen molar-refractivity contribution in [2.24, 2.45) is 0 Å². The Kier molecular flexibility index (Phi) is 8.79. The van der Waals surface area contributed by atoms with Crippen LogP contribution in [0.15, 0.2) is 78.9 Å². The highest BCUT2D eigenvalue weighted by Crippen LogP contribution is 2.35. The Morgan fingerprint density at radius 2 is 1.32 bits per heavy atom. The second kappa shape index (κ2) is 12.0. The van der Waals surface area contributed by atoms with Gasteiger partial charge in [0.15, 0.2) is 23.1 Å². The van der Waals surface area contributed by atoms with Crippen molar-refractivity contribution in [3.05, 3.63) is 90.5 Å². The van der Waals surface area contributed by atoms with Crippen molar-refractivity contribution in [3.8, 4) is 39.5 Å². The van der Waals surface area contributed by atoms with Crippen LogP contribution in [0.4, 0.5) is 8.78 Å². The molecular formula is C29H26F2O6. The van der Waals surface area contributed by atoms with Crippen LogP contribution in [0.1, 0.15) is 13.8 Å². The molecule has 37 heavy (non-hydrogen) atoms. The smallest absolute Gasteiger partial charge is 0.338 e. The van der Waals surface area contributed by atoms with Gasteiger partial charge in [0.2, 0.25) is 0 Å². The molecule has 0 aliphatic carbocycles. The molecule has 8 heteroatoms. The van der Waals surface area contributed by atoms with Crippen LogP contribution in [0.2, 0.25) is 0 Å². The second-order valence-electron chi connectivity index (χ2n) is 8.14. The Labute approximate surface area is 213 Å². The molecule has 0 bridgehead atoms. The Hall–Kier alpha value is -4.46. The van der Waals surface area contributed by atoms with E-state index in [-0.39, 0.29) is 24.5 Å². The van der Waals surface area contributed by atoms with Crippen LogP contribution in [-0.2, 0) is 14.3 Å². The third kappa shape index (κ3) is 6.82. The van der Waals surface area contributed by atoms with Crippen molar-refractivity contribution >= 4 is 11.9 Å². The summed E-state index contributed by atoms with van der Waals surface area (Å²) in [5.41, 5.74) is 2.12. The maximum atomic E-state index is 15.1. The van der Waals surface area contributed by atoms with Crippen molar-refractivity contribution in [1.82, 2.24) is 0 Å². The third-order valence-corrected chi connectivity index (χ3v) is 5.18. The second-order valence-corrected chi connectivity index (χ2v) is 8.14. The number of carbonyl (C=O) groups excluding carboxylic acids is 2. The summed E-state index contributed by atoms with van der Waals surface area (Å²) in [7, 11) is 1.46. The summed E-state index contributed by atoms with van der Waals surface area (Å²) in [6, 6.07) is 13.4. The SMILES string of the molecule is C=C(C)C(=O)OCCOc1ccc(-c2ccc(-c3ccc(OC(=O)C(=C)C)c(F)c3)cc2F)cc1OC. The van der Waals surface area contributed by atoms with E-state index in [2.05, 4.69) is 13.2 Å². The van der Waals surface area contributed by atoms with E-state index in [4.69, 9.17) is 18.9 Å². The molecule has 3 aromatic rings. The van der Waals surface area contributed by atoms with Crippen molar-refractivity contribution in [2.75, 3.05) is 20.3 Å². The third-order valence-electron chi connectivity index (χ3n) is 5.18. The Balaban J connectivity index is 1.76. The number of benzene rings is 3. The molecule has 0 amide bonds.